The number of carbonyl (C=O) groups excluding carboxylic acids is 1. The summed E-state index contributed by atoms with van der Waals surface area (Å²) in [6.07, 6.45) is 0. The third-order valence-electron chi connectivity index (χ3n) is 2.54. The van der Waals surface area contributed by atoms with Gasteiger partial charge in [0.1, 0.15) is 5.75 Å². The van der Waals surface area contributed by atoms with Crippen molar-refractivity contribution in [1.82, 2.24) is 0 Å². The maximum absolute atomic E-state index is 10.9. The number of hydrogen-bond donors (Lipinski definition) is 1. The van der Waals surface area contributed by atoms with Crippen LogP contribution in [0.15, 0.2) is 6.07 Å². The van der Waals surface area contributed by atoms with Gasteiger partial charge in [-0.1, -0.05) is 0 Å². The second-order valence-corrected chi connectivity index (χ2v) is 3.66. The monoisotopic (exact) mass is 243 g/mol. The van der Waals surface area contributed by atoms with Crippen LogP contribution in [0.25, 0.3) is 0 Å². The van der Waals surface area contributed by atoms with Gasteiger partial charge in [0, 0.05) is 19.7 Å². The molecule has 1 N–H and O–H groups in total. The highest BCUT2D eigenvalue weighted by molar-refractivity contribution is 5.85. The SMILES string of the molecule is CNc1cc(C)c(OC(C)=O)c(C)c1C.Cl. The van der Waals surface area contributed by atoms with Gasteiger partial charge in [0.05, 0.1) is 0 Å². The lowest BCUT2D eigenvalue weighted by Crippen LogP contribution is -2.06. The molecule has 0 spiro atoms. The normalized spacial score (nSPS) is 9.31. The summed E-state index contributed by atoms with van der Waals surface area (Å²) in [5.74, 6) is 0.400. The van der Waals surface area contributed by atoms with Crippen LogP contribution >= 0.6 is 12.4 Å². The molecule has 1 rings (SSSR count). The van der Waals surface area contributed by atoms with Crippen LogP contribution in [0.5, 0.6) is 5.75 Å². The van der Waals surface area contributed by atoms with Gasteiger partial charge >= 0.3 is 5.97 Å². The smallest absolute Gasteiger partial charge is 0.308 e. The molecule has 90 valence electrons. The quantitative estimate of drug-likeness (QED) is 0.641. The molecule has 16 heavy (non-hydrogen) atoms. The van der Waals surface area contributed by atoms with E-state index in [0.717, 1.165) is 22.4 Å². The van der Waals surface area contributed by atoms with E-state index >= 15 is 0 Å². The average Bonchev–Trinajstić information content (AvgIpc) is 2.18. The number of carbonyl (C=O) groups is 1. The van der Waals surface area contributed by atoms with Crippen molar-refractivity contribution in [1.29, 1.82) is 0 Å². The molecule has 0 saturated carbocycles. The summed E-state index contributed by atoms with van der Waals surface area (Å²) in [5.41, 5.74) is 4.16. The molecule has 0 fully saturated rings. The second kappa shape index (κ2) is 5.75. The van der Waals surface area contributed by atoms with Crippen LogP contribution in [0, 0.1) is 20.8 Å². The topological polar surface area (TPSA) is 38.3 Å². The largest absolute Gasteiger partial charge is 0.426 e. The van der Waals surface area contributed by atoms with E-state index < -0.39 is 0 Å². The molecule has 4 heteroatoms. The molecule has 3 nitrogen and oxygen atoms in total. The molecule has 0 aromatic heterocycles. The van der Waals surface area contributed by atoms with Crippen molar-refractivity contribution in [3.63, 3.8) is 0 Å². The molecule has 0 heterocycles. The van der Waals surface area contributed by atoms with E-state index in [2.05, 4.69) is 5.32 Å². The van der Waals surface area contributed by atoms with Crippen LogP contribution in [0.1, 0.15) is 23.6 Å². The zero-order valence-corrected chi connectivity index (χ0v) is 11.1. The summed E-state index contributed by atoms with van der Waals surface area (Å²) >= 11 is 0. The lowest BCUT2D eigenvalue weighted by molar-refractivity contribution is -0.131. The number of halogens is 1. The Bertz CT molecular complexity index is 402. The molecule has 0 radical (unpaired) electrons. The van der Waals surface area contributed by atoms with Crippen molar-refractivity contribution >= 4 is 24.1 Å². The van der Waals surface area contributed by atoms with Gasteiger partial charge in [0.15, 0.2) is 0 Å². The van der Waals surface area contributed by atoms with Crippen molar-refractivity contribution in [2.75, 3.05) is 12.4 Å². The fourth-order valence-electron chi connectivity index (χ4n) is 1.62. The molecule has 1 aromatic carbocycles. The Morgan fingerprint density at radius 2 is 1.81 bits per heavy atom. The van der Waals surface area contributed by atoms with E-state index in [-0.39, 0.29) is 18.4 Å². The van der Waals surface area contributed by atoms with E-state index in [9.17, 15) is 4.79 Å². The third-order valence-corrected chi connectivity index (χ3v) is 2.54. The minimum absolute atomic E-state index is 0. The Hall–Kier alpha value is -1.22. The summed E-state index contributed by atoms with van der Waals surface area (Å²) in [6, 6.07) is 1.99. The number of esters is 1. The summed E-state index contributed by atoms with van der Waals surface area (Å²) in [4.78, 5) is 10.9. The standard InChI is InChI=1S/C12H17NO2.ClH/c1-7-6-11(13-5)8(2)9(3)12(7)15-10(4)14;/h6,13H,1-5H3;1H. The van der Waals surface area contributed by atoms with Gasteiger partial charge in [-0.05, 0) is 43.5 Å². The molecule has 0 unspecified atom stereocenters. The number of benzene rings is 1. The fraction of sp³-hybridized carbons (Fsp3) is 0.417. The van der Waals surface area contributed by atoms with Crippen LogP contribution < -0.4 is 10.1 Å². The maximum Gasteiger partial charge on any atom is 0.308 e. The first-order valence-electron chi connectivity index (χ1n) is 4.94. The number of ether oxygens (including phenoxy) is 1. The van der Waals surface area contributed by atoms with Crippen LogP contribution in [-0.4, -0.2) is 13.0 Å². The zero-order chi connectivity index (χ0) is 11.6. The van der Waals surface area contributed by atoms with E-state index in [1.54, 1.807) is 0 Å². The first-order chi connectivity index (χ1) is 6.97. The number of nitrogens with one attached hydrogen (secondary N) is 1. The van der Waals surface area contributed by atoms with E-state index in [4.69, 9.17) is 4.74 Å². The van der Waals surface area contributed by atoms with Crippen LogP contribution in [-0.2, 0) is 4.79 Å². The van der Waals surface area contributed by atoms with Crippen molar-refractivity contribution in [3.05, 3.63) is 22.8 Å². The highest BCUT2D eigenvalue weighted by Gasteiger charge is 2.11. The van der Waals surface area contributed by atoms with Gasteiger partial charge in [-0.2, -0.15) is 0 Å². The van der Waals surface area contributed by atoms with Gasteiger partial charge < -0.3 is 10.1 Å². The Balaban J connectivity index is 0.00000225. The number of anilines is 1. The van der Waals surface area contributed by atoms with E-state index in [1.807, 2.05) is 33.9 Å². The van der Waals surface area contributed by atoms with Gasteiger partial charge in [-0.25, -0.2) is 0 Å². The van der Waals surface area contributed by atoms with Crippen molar-refractivity contribution in [2.45, 2.75) is 27.7 Å². The summed E-state index contributed by atoms with van der Waals surface area (Å²) in [6.45, 7) is 7.32. The van der Waals surface area contributed by atoms with Crippen LogP contribution in [0.4, 0.5) is 5.69 Å². The Morgan fingerprint density at radius 3 is 2.25 bits per heavy atom. The first kappa shape index (κ1) is 14.8. The molecule has 0 saturated heterocycles. The van der Waals surface area contributed by atoms with Crippen molar-refractivity contribution in [2.24, 2.45) is 0 Å². The van der Waals surface area contributed by atoms with Gasteiger partial charge in [0.25, 0.3) is 0 Å². The summed E-state index contributed by atoms with van der Waals surface area (Å²) < 4.78 is 5.19. The number of hydrogen-bond acceptors (Lipinski definition) is 3. The van der Waals surface area contributed by atoms with Crippen LogP contribution in [0.2, 0.25) is 0 Å². The fourth-order valence-corrected chi connectivity index (χ4v) is 1.62. The molecule has 0 aliphatic rings. The Labute approximate surface area is 103 Å². The van der Waals surface area contributed by atoms with Gasteiger partial charge in [0.2, 0.25) is 0 Å². The van der Waals surface area contributed by atoms with Crippen LogP contribution in [0.3, 0.4) is 0 Å². The molecule has 0 aliphatic heterocycles. The molecule has 0 amide bonds. The predicted molar refractivity (Wildman–Crippen MR) is 68.8 cm³/mol. The lowest BCUT2D eigenvalue weighted by atomic mass is 10.0. The number of aryl methyl sites for hydroxylation is 1. The minimum Gasteiger partial charge on any atom is -0.426 e. The Kier molecular flexibility index (Phi) is 5.31. The maximum atomic E-state index is 10.9. The van der Waals surface area contributed by atoms with E-state index in [1.165, 1.54) is 6.92 Å². The first-order valence-corrected chi connectivity index (χ1v) is 4.94. The molecule has 0 atom stereocenters. The molecular weight excluding hydrogens is 226 g/mol. The summed E-state index contributed by atoms with van der Waals surface area (Å²) in [5, 5.41) is 3.12. The summed E-state index contributed by atoms with van der Waals surface area (Å²) in [7, 11) is 1.88. The van der Waals surface area contributed by atoms with E-state index in [0.29, 0.717) is 5.75 Å². The third kappa shape index (κ3) is 2.89. The van der Waals surface area contributed by atoms with Crippen molar-refractivity contribution < 1.29 is 9.53 Å². The molecule has 0 bridgehead atoms. The average molecular weight is 244 g/mol. The lowest BCUT2D eigenvalue weighted by Gasteiger charge is -2.15. The highest BCUT2D eigenvalue weighted by atomic mass is 35.5. The molecular formula is C12H18ClNO2. The van der Waals surface area contributed by atoms with Gasteiger partial charge in [-0.15, -0.1) is 12.4 Å². The Morgan fingerprint density at radius 1 is 1.25 bits per heavy atom. The minimum atomic E-state index is -0.280. The predicted octanol–water partition coefficient (Wildman–Crippen LogP) is 3.00. The highest BCUT2D eigenvalue weighted by Crippen LogP contribution is 2.31. The van der Waals surface area contributed by atoms with Crippen molar-refractivity contribution in [3.8, 4) is 5.75 Å². The number of rotatable bonds is 2. The van der Waals surface area contributed by atoms with Gasteiger partial charge in [-0.3, -0.25) is 4.79 Å². The second-order valence-electron chi connectivity index (χ2n) is 3.66. The zero-order valence-electron chi connectivity index (χ0n) is 10.3. The molecule has 1 aromatic rings. The molecule has 0 aliphatic carbocycles.